The Labute approximate surface area is 288 Å². The molecule has 0 saturated carbocycles. The maximum absolute atomic E-state index is 15.1. The smallest absolute Gasteiger partial charge is 0.270 e. The fraction of sp³-hybridized carbons (Fsp3) is 0.125. The molecule has 8 rings (SSSR count). The summed E-state index contributed by atoms with van der Waals surface area (Å²) in [4.78, 5) is 7.82. The summed E-state index contributed by atoms with van der Waals surface area (Å²) in [5, 5.41) is 51.3. The van der Waals surface area contributed by atoms with Crippen molar-refractivity contribution < 1.29 is 19.9 Å². The lowest BCUT2D eigenvalue weighted by Gasteiger charge is -2.42. The van der Waals surface area contributed by atoms with Gasteiger partial charge in [0.25, 0.3) is 5.70 Å². The first-order valence-electron chi connectivity index (χ1n) is 15.9. The molecule has 0 radical (unpaired) electrons. The molecule has 0 aromatic heterocycles. The Hall–Kier alpha value is -6.91. The zero-order valence-electron chi connectivity index (χ0n) is 27.8. The number of nitrogens with two attached hydrogens (primary N) is 2. The standard InChI is InChI=1S/C40H31N7O3/c1-44-24(17-41)32-36(34-28-19(9-6-12-22(28)42)39-33-25(46(4)18-47(39)5)16-15-23(43)31(33)34)40(50)37(32)35-29-20(10-7-13-26(29)48)38(45(2)3)21-11-8-14-27(49)30(21)35/h6-16H,18,42-43H2,2-5H3,(H2-,48,49,50)/b32-24-. The Morgan fingerprint density at radius 2 is 1.44 bits per heavy atom. The number of nitrogen functional groups attached to an aromatic ring is 2. The average Bonchev–Trinajstić information content (AvgIpc) is 3.07. The van der Waals surface area contributed by atoms with Crippen molar-refractivity contribution in [3.8, 4) is 17.6 Å². The van der Waals surface area contributed by atoms with Gasteiger partial charge in [-0.2, -0.15) is 0 Å². The van der Waals surface area contributed by atoms with Crippen molar-refractivity contribution >= 4 is 61.2 Å². The number of fused-ring (bicyclic) bond motifs is 4. The predicted molar refractivity (Wildman–Crippen MR) is 196 cm³/mol. The molecule has 0 atom stereocenters. The van der Waals surface area contributed by atoms with Gasteiger partial charge in [-0.15, -0.1) is 0 Å². The first-order chi connectivity index (χ1) is 24.0. The number of nitriles is 1. The van der Waals surface area contributed by atoms with E-state index in [-0.39, 0.29) is 39.5 Å². The van der Waals surface area contributed by atoms with Gasteiger partial charge >= 0.3 is 0 Å². The predicted octanol–water partition coefficient (Wildman–Crippen LogP) is 5.12. The normalized spacial score (nSPS) is 15.8. The number of phenols is 2. The monoisotopic (exact) mass is 657 g/mol. The van der Waals surface area contributed by atoms with Crippen LogP contribution in [0.15, 0.2) is 89.3 Å². The van der Waals surface area contributed by atoms with Crippen molar-refractivity contribution in [3.63, 3.8) is 0 Å². The van der Waals surface area contributed by atoms with E-state index >= 15 is 5.11 Å². The van der Waals surface area contributed by atoms with E-state index in [0.717, 1.165) is 27.9 Å². The van der Waals surface area contributed by atoms with Gasteiger partial charge < -0.3 is 36.6 Å². The molecule has 0 amide bonds. The van der Waals surface area contributed by atoms with E-state index in [2.05, 4.69) is 14.6 Å². The summed E-state index contributed by atoms with van der Waals surface area (Å²) in [5.41, 5.74) is 19.5. The number of allylic oxidation sites excluding steroid dienone is 3. The molecule has 0 spiro atoms. The third-order valence-corrected chi connectivity index (χ3v) is 9.97. The Morgan fingerprint density at radius 3 is 2.04 bits per heavy atom. The molecule has 6 N–H and O–H groups in total. The van der Waals surface area contributed by atoms with Gasteiger partial charge in [0.1, 0.15) is 25.6 Å². The van der Waals surface area contributed by atoms with Crippen molar-refractivity contribution in [2.75, 3.05) is 56.1 Å². The van der Waals surface area contributed by atoms with Gasteiger partial charge in [0.2, 0.25) is 5.71 Å². The fourth-order valence-electron chi connectivity index (χ4n) is 8.12. The Morgan fingerprint density at radius 1 is 0.820 bits per heavy atom. The van der Waals surface area contributed by atoms with Gasteiger partial charge in [-0.3, -0.25) is 0 Å². The van der Waals surface area contributed by atoms with E-state index in [9.17, 15) is 15.5 Å². The van der Waals surface area contributed by atoms with Gasteiger partial charge in [-0.25, -0.2) is 14.7 Å². The second-order valence-electron chi connectivity index (χ2n) is 13.0. The minimum absolute atomic E-state index is 0.0480. The van der Waals surface area contributed by atoms with Gasteiger partial charge in [-0.05, 0) is 53.6 Å². The molecule has 3 aliphatic rings. The summed E-state index contributed by atoms with van der Waals surface area (Å²) in [6.07, 6.45) is 0. The number of aromatic hydroxyl groups is 2. The van der Waals surface area contributed by atoms with E-state index in [1.807, 2.05) is 69.2 Å². The molecule has 0 fully saturated rings. The molecule has 0 unspecified atom stereocenters. The summed E-state index contributed by atoms with van der Waals surface area (Å²) >= 11 is 0. The second-order valence-corrected chi connectivity index (χ2v) is 13.0. The van der Waals surface area contributed by atoms with E-state index in [0.29, 0.717) is 56.6 Å². The topological polar surface area (TPSA) is 153 Å². The lowest BCUT2D eigenvalue weighted by atomic mass is 9.68. The van der Waals surface area contributed by atoms with Crippen molar-refractivity contribution in [1.82, 2.24) is 0 Å². The molecule has 1 heterocycles. The number of anilines is 4. The molecule has 0 saturated heterocycles. The zero-order chi connectivity index (χ0) is 35.3. The van der Waals surface area contributed by atoms with Crippen LogP contribution in [0.2, 0.25) is 0 Å². The molecule has 5 aromatic rings. The van der Waals surface area contributed by atoms with Crippen LogP contribution in [0.4, 0.5) is 22.7 Å². The number of hydrogen-bond donors (Lipinski definition) is 4. The molecule has 5 aromatic carbocycles. The molecule has 0 bridgehead atoms. The Bertz CT molecular complexity index is 2570. The molecule has 10 nitrogen and oxygen atoms in total. The van der Waals surface area contributed by atoms with E-state index in [4.69, 9.17) is 18.0 Å². The molecule has 1 aliphatic heterocycles. The number of rotatable bonds is 1. The third-order valence-electron chi connectivity index (χ3n) is 9.97. The Balaban J connectivity index is 1.62. The van der Waals surface area contributed by atoms with Crippen molar-refractivity contribution in [3.05, 3.63) is 129 Å². The van der Waals surface area contributed by atoms with Crippen LogP contribution < -0.4 is 26.4 Å². The number of phenolic OH excluding ortho intramolecular Hbond substituents is 2. The first kappa shape index (κ1) is 30.4. The van der Waals surface area contributed by atoms with Crippen LogP contribution in [0.5, 0.6) is 11.5 Å². The van der Waals surface area contributed by atoms with E-state index in [1.54, 1.807) is 24.3 Å². The minimum atomic E-state index is -0.467. The SMILES string of the molecule is [C-]#[N+]/C(C#N)=C1\C(=C2c3c(O)cccc3C(=[N+](C)C)c3cccc(O)c32)C([O-])=C1c1c2c(N)cccc2c2c3c(ccc(N)c13)N(C)CN2C. The summed E-state index contributed by atoms with van der Waals surface area (Å²) in [5.74, 6) is -0.705. The highest BCUT2D eigenvalue weighted by Crippen LogP contribution is 2.59. The van der Waals surface area contributed by atoms with Crippen LogP contribution in [0.25, 0.3) is 37.5 Å². The lowest BCUT2D eigenvalue weighted by Crippen LogP contribution is -2.36. The highest BCUT2D eigenvalue weighted by atomic mass is 16.3. The molecule has 50 heavy (non-hydrogen) atoms. The van der Waals surface area contributed by atoms with Crippen LogP contribution in [0.1, 0.15) is 27.8 Å². The summed E-state index contributed by atoms with van der Waals surface area (Å²) < 4.78 is 1.88. The van der Waals surface area contributed by atoms with Gasteiger partial charge in [0, 0.05) is 80.5 Å². The van der Waals surface area contributed by atoms with Gasteiger partial charge in [-0.1, -0.05) is 30.0 Å². The van der Waals surface area contributed by atoms with Crippen LogP contribution in [-0.2, 0) is 0 Å². The second kappa shape index (κ2) is 10.5. The summed E-state index contributed by atoms with van der Waals surface area (Å²) in [7, 11) is 7.68. The van der Waals surface area contributed by atoms with Gasteiger partial charge in [0.15, 0.2) is 0 Å². The van der Waals surface area contributed by atoms with E-state index < -0.39 is 5.76 Å². The van der Waals surface area contributed by atoms with Crippen LogP contribution in [-0.4, -0.2) is 55.4 Å². The number of benzene rings is 5. The molecular weight excluding hydrogens is 626 g/mol. The minimum Gasteiger partial charge on any atom is -0.872 e. The lowest BCUT2D eigenvalue weighted by molar-refractivity contribution is -0.463. The summed E-state index contributed by atoms with van der Waals surface area (Å²) in [6, 6.07) is 21.5. The van der Waals surface area contributed by atoms with Crippen LogP contribution in [0.3, 0.4) is 0 Å². The van der Waals surface area contributed by atoms with Crippen LogP contribution >= 0.6 is 0 Å². The maximum Gasteiger partial charge on any atom is 0.270 e. The van der Waals surface area contributed by atoms with E-state index in [1.165, 1.54) is 12.1 Å². The van der Waals surface area contributed by atoms with Crippen LogP contribution in [0, 0.1) is 17.9 Å². The molecule has 2 aliphatic carbocycles. The summed E-state index contributed by atoms with van der Waals surface area (Å²) in [6.45, 7) is 8.71. The van der Waals surface area contributed by atoms with Crippen molar-refractivity contribution in [2.24, 2.45) is 0 Å². The highest BCUT2D eigenvalue weighted by Gasteiger charge is 2.41. The largest absolute Gasteiger partial charge is 0.872 e. The Kier molecular flexibility index (Phi) is 6.42. The quantitative estimate of drug-likeness (QED) is 0.0625. The first-order valence-corrected chi connectivity index (χ1v) is 15.9. The maximum atomic E-state index is 15.1. The highest BCUT2D eigenvalue weighted by molar-refractivity contribution is 6.30. The molecule has 10 heteroatoms. The molecular formula is C40H31N7O3. The van der Waals surface area contributed by atoms with Gasteiger partial charge in [0.05, 0.1) is 36.1 Å². The van der Waals surface area contributed by atoms with Crippen molar-refractivity contribution in [2.45, 2.75) is 0 Å². The average molecular weight is 658 g/mol. The third kappa shape index (κ3) is 3.79. The fourth-order valence-corrected chi connectivity index (χ4v) is 8.12. The number of hydrogen-bond acceptors (Lipinski definition) is 8. The van der Waals surface area contributed by atoms with Crippen molar-refractivity contribution in [1.29, 1.82) is 5.26 Å². The molecule has 244 valence electrons. The number of nitrogens with zero attached hydrogens (tertiary/aromatic N) is 5. The zero-order valence-corrected chi connectivity index (χ0v) is 27.8.